The van der Waals surface area contributed by atoms with Crippen LogP contribution in [-0.2, 0) is 6.42 Å². The molecule has 1 aliphatic heterocycles. The molecular formula is C26H27F4N7O2. The molecule has 0 saturated carbocycles. The van der Waals surface area contributed by atoms with Crippen LogP contribution in [0.5, 0.6) is 5.75 Å². The Kier molecular flexibility index (Phi) is 7.03. The highest BCUT2D eigenvalue weighted by atomic mass is 19.3. The monoisotopic (exact) mass is 545 g/mol. The van der Waals surface area contributed by atoms with Crippen molar-refractivity contribution < 1.29 is 27.4 Å². The van der Waals surface area contributed by atoms with Gasteiger partial charge in [0.05, 0.1) is 30.2 Å². The van der Waals surface area contributed by atoms with Crippen LogP contribution in [-0.4, -0.2) is 63.0 Å². The predicted octanol–water partition coefficient (Wildman–Crippen LogP) is 3.17. The molecule has 4 heterocycles. The van der Waals surface area contributed by atoms with Gasteiger partial charge in [-0.25, -0.2) is 27.1 Å². The molecule has 13 heteroatoms. The van der Waals surface area contributed by atoms with Crippen molar-refractivity contribution in [3.05, 3.63) is 65.7 Å². The minimum Gasteiger partial charge on any atom is -0.494 e. The van der Waals surface area contributed by atoms with Gasteiger partial charge >= 0.3 is 0 Å². The van der Waals surface area contributed by atoms with E-state index in [-0.39, 0.29) is 42.2 Å². The van der Waals surface area contributed by atoms with Crippen molar-refractivity contribution >= 4 is 17.0 Å². The molecule has 39 heavy (non-hydrogen) atoms. The maximum absolute atomic E-state index is 14.9. The second-order valence-corrected chi connectivity index (χ2v) is 9.65. The van der Waals surface area contributed by atoms with Gasteiger partial charge in [0, 0.05) is 36.8 Å². The number of aliphatic hydroxyl groups excluding tert-OH is 1. The maximum Gasteiger partial charge on any atom is 0.265 e. The number of piperidine rings is 1. The van der Waals surface area contributed by atoms with Gasteiger partial charge in [-0.05, 0) is 42.7 Å². The normalized spacial score (nSPS) is 18.6. The highest BCUT2D eigenvalue weighted by Gasteiger charge is 2.43. The Bertz CT molecular complexity index is 1520. The number of nitrogen functional groups attached to an aromatic ring is 1. The van der Waals surface area contributed by atoms with E-state index in [0.717, 1.165) is 12.1 Å². The Morgan fingerprint density at radius 2 is 1.95 bits per heavy atom. The van der Waals surface area contributed by atoms with Crippen molar-refractivity contribution in [2.75, 3.05) is 30.8 Å². The molecule has 0 spiro atoms. The van der Waals surface area contributed by atoms with Gasteiger partial charge in [-0.1, -0.05) is 0 Å². The molecule has 0 amide bonds. The van der Waals surface area contributed by atoms with Gasteiger partial charge in [0.25, 0.3) is 6.43 Å². The summed E-state index contributed by atoms with van der Waals surface area (Å²) in [5.41, 5.74) is 13.3. The standard InChI is InChI=1S/C26H27F4N7O2/c1-39-22-10-17(27)16(9-18(22)28)19-8-14(7-15-3-4-20-25(31)34-13-35-37(15)20)21(11-33-19)36-6-2-5-26(32,12-36)23(38)24(29)30/h3-4,8-11,13,23-24,38H,2,5-7,12,32H2,1H3,(H2,31,34,35)/t23-,26-/m1/s1. The van der Waals surface area contributed by atoms with Crippen LogP contribution in [0.3, 0.4) is 0 Å². The fraction of sp³-hybridized carbons (Fsp3) is 0.346. The Morgan fingerprint density at radius 3 is 2.69 bits per heavy atom. The summed E-state index contributed by atoms with van der Waals surface area (Å²) in [5, 5.41) is 14.4. The quantitative estimate of drug-likeness (QED) is 0.302. The lowest BCUT2D eigenvalue weighted by Crippen LogP contribution is -2.63. The Hall–Kier alpha value is -3.97. The number of fused-ring (bicyclic) bond motifs is 1. The molecule has 206 valence electrons. The van der Waals surface area contributed by atoms with Crippen LogP contribution in [0.1, 0.15) is 24.1 Å². The van der Waals surface area contributed by atoms with Crippen molar-refractivity contribution in [1.82, 2.24) is 19.6 Å². The van der Waals surface area contributed by atoms with Crippen LogP contribution in [0.25, 0.3) is 16.8 Å². The summed E-state index contributed by atoms with van der Waals surface area (Å²) in [7, 11) is 1.24. The molecule has 1 saturated heterocycles. The number of halogens is 4. The molecule has 1 aromatic carbocycles. The average molecular weight is 546 g/mol. The summed E-state index contributed by atoms with van der Waals surface area (Å²) in [4.78, 5) is 10.2. The molecule has 0 unspecified atom stereocenters. The first-order valence-corrected chi connectivity index (χ1v) is 12.2. The minimum absolute atomic E-state index is 0.0535. The van der Waals surface area contributed by atoms with Crippen molar-refractivity contribution in [1.29, 1.82) is 0 Å². The molecule has 1 aliphatic rings. The van der Waals surface area contributed by atoms with Crippen molar-refractivity contribution in [3.63, 3.8) is 0 Å². The molecule has 0 radical (unpaired) electrons. The minimum atomic E-state index is -3.00. The number of benzene rings is 1. The predicted molar refractivity (Wildman–Crippen MR) is 137 cm³/mol. The molecule has 1 fully saturated rings. The van der Waals surface area contributed by atoms with Gasteiger partial charge < -0.3 is 26.2 Å². The van der Waals surface area contributed by atoms with E-state index < -0.39 is 29.7 Å². The van der Waals surface area contributed by atoms with Crippen LogP contribution >= 0.6 is 0 Å². The Balaban J connectivity index is 1.60. The van der Waals surface area contributed by atoms with E-state index in [4.69, 9.17) is 16.2 Å². The van der Waals surface area contributed by atoms with Crippen LogP contribution < -0.4 is 21.1 Å². The number of aliphatic hydroxyl groups is 1. The number of nitrogens with two attached hydrogens (primary N) is 2. The van der Waals surface area contributed by atoms with Crippen LogP contribution in [0.4, 0.5) is 29.1 Å². The van der Waals surface area contributed by atoms with Crippen molar-refractivity contribution in [3.8, 4) is 17.0 Å². The number of hydrogen-bond donors (Lipinski definition) is 3. The van der Waals surface area contributed by atoms with Gasteiger partial charge in [-0.2, -0.15) is 5.10 Å². The van der Waals surface area contributed by atoms with Crippen molar-refractivity contribution in [2.45, 2.75) is 37.3 Å². The van der Waals surface area contributed by atoms with Crippen LogP contribution in [0.15, 0.2) is 42.9 Å². The zero-order chi connectivity index (χ0) is 27.9. The van der Waals surface area contributed by atoms with E-state index in [2.05, 4.69) is 15.1 Å². The number of methoxy groups -OCH3 is 1. The third-order valence-electron chi connectivity index (χ3n) is 7.14. The molecule has 2 atom stereocenters. The zero-order valence-electron chi connectivity index (χ0n) is 21.0. The number of hydrogen-bond acceptors (Lipinski definition) is 8. The molecule has 4 aromatic rings. The van der Waals surface area contributed by atoms with Gasteiger partial charge in [0.1, 0.15) is 23.8 Å². The highest BCUT2D eigenvalue weighted by molar-refractivity contribution is 5.68. The van der Waals surface area contributed by atoms with E-state index in [1.54, 1.807) is 21.5 Å². The summed E-state index contributed by atoms with van der Waals surface area (Å²) in [6.45, 7) is 0.417. The van der Waals surface area contributed by atoms with E-state index >= 15 is 0 Å². The number of nitrogens with zero attached hydrogens (tertiary/aromatic N) is 5. The zero-order valence-corrected chi connectivity index (χ0v) is 21.0. The number of anilines is 2. The fourth-order valence-corrected chi connectivity index (χ4v) is 5.09. The number of pyridine rings is 1. The molecule has 9 nitrogen and oxygen atoms in total. The molecular weight excluding hydrogens is 518 g/mol. The van der Waals surface area contributed by atoms with E-state index in [9.17, 15) is 22.7 Å². The second-order valence-electron chi connectivity index (χ2n) is 9.65. The first kappa shape index (κ1) is 26.6. The number of ether oxygens (including phenoxy) is 1. The van der Waals surface area contributed by atoms with E-state index in [0.29, 0.717) is 35.4 Å². The summed E-state index contributed by atoms with van der Waals surface area (Å²) < 4.78 is 62.7. The third kappa shape index (κ3) is 4.94. The van der Waals surface area contributed by atoms with E-state index in [1.165, 1.54) is 19.6 Å². The topological polar surface area (TPSA) is 128 Å². The van der Waals surface area contributed by atoms with Crippen LogP contribution in [0, 0.1) is 11.6 Å². The molecule has 5 rings (SSSR count). The Morgan fingerprint density at radius 1 is 1.15 bits per heavy atom. The van der Waals surface area contributed by atoms with Gasteiger partial charge in [0.15, 0.2) is 17.4 Å². The number of rotatable bonds is 7. The maximum atomic E-state index is 14.9. The van der Waals surface area contributed by atoms with Gasteiger partial charge in [-0.3, -0.25) is 4.98 Å². The van der Waals surface area contributed by atoms with E-state index in [1.807, 2.05) is 6.07 Å². The first-order valence-electron chi connectivity index (χ1n) is 12.2. The number of alkyl halides is 2. The average Bonchev–Trinajstić information content (AvgIpc) is 3.33. The lowest BCUT2D eigenvalue weighted by molar-refractivity contribution is -0.0529. The largest absolute Gasteiger partial charge is 0.494 e. The molecule has 0 bridgehead atoms. The van der Waals surface area contributed by atoms with Gasteiger partial charge in [0.2, 0.25) is 0 Å². The lowest BCUT2D eigenvalue weighted by Gasteiger charge is -2.44. The van der Waals surface area contributed by atoms with Crippen LogP contribution in [0.2, 0.25) is 0 Å². The summed E-state index contributed by atoms with van der Waals surface area (Å²) >= 11 is 0. The summed E-state index contributed by atoms with van der Waals surface area (Å²) in [5.74, 6) is -1.44. The smallest absolute Gasteiger partial charge is 0.265 e. The van der Waals surface area contributed by atoms with Gasteiger partial charge in [-0.15, -0.1) is 0 Å². The van der Waals surface area contributed by atoms with Crippen molar-refractivity contribution in [2.24, 2.45) is 5.73 Å². The molecule has 0 aliphatic carbocycles. The highest BCUT2D eigenvalue weighted by Crippen LogP contribution is 2.35. The Labute approximate surface area is 221 Å². The third-order valence-corrected chi connectivity index (χ3v) is 7.14. The first-order chi connectivity index (χ1) is 18.6. The second kappa shape index (κ2) is 10.3. The summed E-state index contributed by atoms with van der Waals surface area (Å²) in [6, 6.07) is 7.13. The SMILES string of the molecule is COc1cc(F)c(-c2cc(Cc3ccc4c(N)ncnn34)c(N3CCC[C@](N)([C@H](O)C(F)F)C3)cn2)cc1F. The molecule has 5 N–H and O–H groups in total. The molecule has 3 aromatic heterocycles. The lowest BCUT2D eigenvalue weighted by atomic mass is 9.84. The number of aromatic nitrogens is 4. The fourth-order valence-electron chi connectivity index (χ4n) is 5.09. The summed E-state index contributed by atoms with van der Waals surface area (Å²) in [6.07, 6.45) is -1.29.